The lowest BCUT2D eigenvalue weighted by atomic mass is 9.82. The molecular formula is C15H20N2O4. The van der Waals surface area contributed by atoms with Crippen LogP contribution in [0.15, 0.2) is 24.3 Å². The van der Waals surface area contributed by atoms with E-state index in [4.69, 9.17) is 0 Å². The molecule has 1 aliphatic carbocycles. The van der Waals surface area contributed by atoms with Crippen LogP contribution in [0.4, 0.5) is 5.69 Å². The third-order valence-corrected chi connectivity index (χ3v) is 3.91. The van der Waals surface area contributed by atoms with Crippen molar-refractivity contribution in [2.75, 3.05) is 0 Å². The lowest BCUT2D eigenvalue weighted by molar-refractivity contribution is -0.384. The fourth-order valence-corrected chi connectivity index (χ4v) is 2.68. The molecule has 1 fully saturated rings. The zero-order chi connectivity index (χ0) is 15.3. The van der Waals surface area contributed by atoms with Gasteiger partial charge in [-0.1, -0.05) is 31.4 Å². The van der Waals surface area contributed by atoms with Gasteiger partial charge in [-0.3, -0.25) is 14.9 Å². The van der Waals surface area contributed by atoms with Gasteiger partial charge in [-0.15, -0.1) is 0 Å². The zero-order valence-electron chi connectivity index (χ0n) is 11.9. The number of benzene rings is 1. The number of nitrogens with one attached hydrogen (secondary N) is 1. The van der Waals surface area contributed by atoms with E-state index in [1.807, 2.05) is 0 Å². The van der Waals surface area contributed by atoms with E-state index in [2.05, 4.69) is 5.32 Å². The molecule has 114 valence electrons. The Morgan fingerprint density at radius 3 is 2.43 bits per heavy atom. The Morgan fingerprint density at radius 1 is 1.24 bits per heavy atom. The highest BCUT2D eigenvalue weighted by Gasteiger charge is 2.31. The number of nitro benzene ring substituents is 1. The number of nitrogens with zero attached hydrogens (tertiary/aromatic N) is 1. The topological polar surface area (TPSA) is 92.5 Å². The Kier molecular flexibility index (Phi) is 4.90. The number of amides is 1. The van der Waals surface area contributed by atoms with E-state index in [9.17, 15) is 20.0 Å². The zero-order valence-corrected chi connectivity index (χ0v) is 11.9. The summed E-state index contributed by atoms with van der Waals surface area (Å²) >= 11 is 0. The highest BCUT2D eigenvalue weighted by atomic mass is 16.6. The van der Waals surface area contributed by atoms with Gasteiger partial charge < -0.3 is 10.4 Å². The first kappa shape index (κ1) is 15.4. The molecule has 0 aromatic heterocycles. The van der Waals surface area contributed by atoms with Crippen LogP contribution in [0.25, 0.3) is 0 Å². The molecule has 2 N–H and O–H groups in total. The average molecular weight is 292 g/mol. The Hall–Kier alpha value is -1.95. The molecule has 0 saturated heterocycles. The van der Waals surface area contributed by atoms with Crippen molar-refractivity contribution in [2.24, 2.45) is 0 Å². The maximum Gasteiger partial charge on any atom is 0.269 e. The predicted molar refractivity (Wildman–Crippen MR) is 77.6 cm³/mol. The van der Waals surface area contributed by atoms with E-state index in [-0.39, 0.29) is 18.0 Å². The predicted octanol–water partition coefficient (Wildman–Crippen LogP) is 2.30. The third-order valence-electron chi connectivity index (χ3n) is 3.91. The summed E-state index contributed by atoms with van der Waals surface area (Å²) in [6, 6.07) is 6.06. The van der Waals surface area contributed by atoms with Gasteiger partial charge in [0.05, 0.1) is 16.9 Å². The van der Waals surface area contributed by atoms with Gasteiger partial charge in [-0.25, -0.2) is 0 Å². The Labute approximate surface area is 123 Å². The summed E-state index contributed by atoms with van der Waals surface area (Å²) in [6.07, 6.45) is 4.53. The van der Waals surface area contributed by atoms with Crippen LogP contribution in [-0.2, 0) is 11.3 Å². The fraction of sp³-hybridized carbons (Fsp3) is 0.533. The lowest BCUT2D eigenvalue weighted by Gasteiger charge is -2.31. The molecule has 0 bridgehead atoms. The molecule has 6 nitrogen and oxygen atoms in total. The van der Waals surface area contributed by atoms with Crippen molar-refractivity contribution in [1.29, 1.82) is 0 Å². The van der Waals surface area contributed by atoms with Crippen LogP contribution in [0.5, 0.6) is 0 Å². The van der Waals surface area contributed by atoms with Crippen molar-refractivity contribution < 1.29 is 14.8 Å². The van der Waals surface area contributed by atoms with Crippen LogP contribution < -0.4 is 5.32 Å². The first-order chi connectivity index (χ1) is 9.98. The number of hydrogen-bond donors (Lipinski definition) is 2. The molecule has 1 amide bonds. The van der Waals surface area contributed by atoms with Crippen molar-refractivity contribution in [3.8, 4) is 0 Å². The van der Waals surface area contributed by atoms with Crippen LogP contribution >= 0.6 is 0 Å². The maximum absolute atomic E-state index is 11.9. The number of carbonyl (C=O) groups excluding carboxylic acids is 1. The summed E-state index contributed by atoms with van der Waals surface area (Å²) in [4.78, 5) is 22.0. The van der Waals surface area contributed by atoms with Gasteiger partial charge in [0.25, 0.3) is 5.69 Å². The first-order valence-corrected chi connectivity index (χ1v) is 7.21. The van der Waals surface area contributed by atoms with Crippen molar-refractivity contribution in [1.82, 2.24) is 5.32 Å². The summed E-state index contributed by atoms with van der Waals surface area (Å²) < 4.78 is 0. The summed E-state index contributed by atoms with van der Waals surface area (Å²) in [5.74, 6) is -0.183. The molecule has 0 radical (unpaired) electrons. The van der Waals surface area contributed by atoms with Crippen LogP contribution in [0.1, 0.15) is 44.1 Å². The van der Waals surface area contributed by atoms with Gasteiger partial charge in [0, 0.05) is 18.7 Å². The van der Waals surface area contributed by atoms with Crippen molar-refractivity contribution >= 4 is 11.6 Å². The molecule has 0 aliphatic heterocycles. The summed E-state index contributed by atoms with van der Waals surface area (Å²) in [7, 11) is 0. The summed E-state index contributed by atoms with van der Waals surface area (Å²) in [5, 5.41) is 23.6. The molecular weight excluding hydrogens is 272 g/mol. The second-order valence-electron chi connectivity index (χ2n) is 5.66. The van der Waals surface area contributed by atoms with E-state index >= 15 is 0 Å². The van der Waals surface area contributed by atoms with E-state index in [0.717, 1.165) is 24.8 Å². The number of non-ortho nitro benzene ring substituents is 1. The standard InChI is InChI=1S/C15H20N2O4/c18-14(10-15(19)8-2-1-3-9-15)16-11-12-4-6-13(7-5-12)17(20)21/h4-7,19H,1-3,8-11H2,(H,16,18). The highest BCUT2D eigenvalue weighted by Crippen LogP contribution is 2.30. The molecule has 2 rings (SSSR count). The molecule has 1 aromatic rings. The summed E-state index contributed by atoms with van der Waals surface area (Å²) in [5.41, 5.74) is -0.0381. The molecule has 0 unspecified atom stereocenters. The van der Waals surface area contributed by atoms with E-state index in [1.54, 1.807) is 12.1 Å². The molecule has 0 heterocycles. The second kappa shape index (κ2) is 6.67. The van der Waals surface area contributed by atoms with Crippen molar-refractivity contribution in [3.05, 3.63) is 39.9 Å². The molecule has 1 aromatic carbocycles. The van der Waals surface area contributed by atoms with E-state index in [1.165, 1.54) is 12.1 Å². The van der Waals surface area contributed by atoms with Gasteiger partial charge in [0.1, 0.15) is 0 Å². The van der Waals surface area contributed by atoms with Crippen LogP contribution in [-0.4, -0.2) is 21.5 Å². The van der Waals surface area contributed by atoms with E-state index < -0.39 is 10.5 Å². The van der Waals surface area contributed by atoms with Gasteiger partial charge in [-0.05, 0) is 18.4 Å². The normalized spacial score (nSPS) is 17.2. The second-order valence-corrected chi connectivity index (χ2v) is 5.66. The highest BCUT2D eigenvalue weighted by molar-refractivity contribution is 5.77. The number of nitro groups is 1. The molecule has 1 saturated carbocycles. The number of aliphatic hydroxyl groups is 1. The smallest absolute Gasteiger partial charge is 0.269 e. The van der Waals surface area contributed by atoms with Crippen molar-refractivity contribution in [3.63, 3.8) is 0 Å². The van der Waals surface area contributed by atoms with Crippen molar-refractivity contribution in [2.45, 2.75) is 50.7 Å². The minimum Gasteiger partial charge on any atom is -0.389 e. The fourth-order valence-electron chi connectivity index (χ4n) is 2.68. The first-order valence-electron chi connectivity index (χ1n) is 7.21. The summed E-state index contributed by atoms with van der Waals surface area (Å²) in [6.45, 7) is 0.312. The number of rotatable bonds is 5. The van der Waals surface area contributed by atoms with Crippen LogP contribution in [0.2, 0.25) is 0 Å². The Balaban J connectivity index is 1.82. The SMILES string of the molecule is O=C(CC1(O)CCCCC1)NCc1ccc([N+](=O)[O-])cc1. The largest absolute Gasteiger partial charge is 0.389 e. The van der Waals surface area contributed by atoms with Gasteiger partial charge in [0.15, 0.2) is 0 Å². The minimum atomic E-state index is -0.863. The lowest BCUT2D eigenvalue weighted by Crippen LogP contribution is -2.38. The molecule has 6 heteroatoms. The van der Waals surface area contributed by atoms with Gasteiger partial charge in [0.2, 0.25) is 5.91 Å². The Bertz CT molecular complexity index is 507. The minimum absolute atomic E-state index is 0.0293. The number of hydrogen-bond acceptors (Lipinski definition) is 4. The van der Waals surface area contributed by atoms with E-state index in [0.29, 0.717) is 19.4 Å². The van der Waals surface area contributed by atoms with Crippen LogP contribution in [0.3, 0.4) is 0 Å². The van der Waals surface area contributed by atoms with Gasteiger partial charge >= 0.3 is 0 Å². The average Bonchev–Trinajstić information content (AvgIpc) is 2.46. The third kappa shape index (κ3) is 4.53. The van der Waals surface area contributed by atoms with Gasteiger partial charge in [-0.2, -0.15) is 0 Å². The number of carbonyl (C=O) groups is 1. The maximum atomic E-state index is 11.9. The van der Waals surface area contributed by atoms with Crippen LogP contribution in [0, 0.1) is 10.1 Å². The monoisotopic (exact) mass is 292 g/mol. The molecule has 21 heavy (non-hydrogen) atoms. The Morgan fingerprint density at radius 2 is 1.86 bits per heavy atom. The molecule has 0 atom stereocenters. The molecule has 1 aliphatic rings. The quantitative estimate of drug-likeness (QED) is 0.643. The molecule has 0 spiro atoms.